The zero-order chi connectivity index (χ0) is 23.1. The van der Waals surface area contributed by atoms with Gasteiger partial charge in [-0.15, -0.1) is 0 Å². The van der Waals surface area contributed by atoms with E-state index in [1.165, 1.54) is 0 Å². The van der Waals surface area contributed by atoms with Crippen LogP contribution in [0, 0.1) is 13.8 Å². The molecule has 5 rings (SSSR count). The second kappa shape index (κ2) is 8.86. The largest absolute Gasteiger partial charge is 0.478 e. The molecule has 3 aromatic carbocycles. The molecule has 6 heteroatoms. The number of aryl methyl sites for hydroxylation is 2. The van der Waals surface area contributed by atoms with Gasteiger partial charge < -0.3 is 9.47 Å². The molecule has 33 heavy (non-hydrogen) atoms. The van der Waals surface area contributed by atoms with Gasteiger partial charge in [0.05, 0.1) is 11.1 Å². The normalized spacial score (nSPS) is 16.4. The summed E-state index contributed by atoms with van der Waals surface area (Å²) in [6.45, 7) is 5.81. The molecule has 0 aliphatic carbocycles. The Hall–Kier alpha value is -2.79. The predicted molar refractivity (Wildman–Crippen MR) is 131 cm³/mol. The SMILES string of the molecule is Cc1cccc(/C=C2/Oc3c4c(cc(C)c3C2=O)OCN(CCc2ccc(Cl)cc2Cl)C4)c1. The molecule has 0 radical (unpaired) electrons. The summed E-state index contributed by atoms with van der Waals surface area (Å²) in [6.07, 6.45) is 2.58. The third kappa shape index (κ3) is 4.39. The summed E-state index contributed by atoms with van der Waals surface area (Å²) < 4.78 is 12.2. The molecule has 0 spiro atoms. The van der Waals surface area contributed by atoms with E-state index in [1.807, 2.05) is 62.4 Å². The lowest BCUT2D eigenvalue weighted by molar-refractivity contribution is 0.0949. The molecule has 0 aromatic heterocycles. The number of hydrogen-bond acceptors (Lipinski definition) is 4. The molecule has 2 heterocycles. The van der Waals surface area contributed by atoms with Gasteiger partial charge in [-0.1, -0.05) is 59.1 Å². The molecule has 0 saturated heterocycles. The Morgan fingerprint density at radius 1 is 1.09 bits per heavy atom. The summed E-state index contributed by atoms with van der Waals surface area (Å²) in [5.41, 5.74) is 5.50. The first-order chi connectivity index (χ1) is 15.9. The van der Waals surface area contributed by atoms with Crippen LogP contribution in [0.1, 0.15) is 38.2 Å². The van der Waals surface area contributed by atoms with Crippen molar-refractivity contribution in [2.45, 2.75) is 26.8 Å². The van der Waals surface area contributed by atoms with Crippen LogP contribution in [-0.2, 0) is 13.0 Å². The van der Waals surface area contributed by atoms with E-state index in [2.05, 4.69) is 4.90 Å². The second-order valence-electron chi connectivity index (χ2n) is 8.54. The molecule has 0 fully saturated rings. The van der Waals surface area contributed by atoms with Gasteiger partial charge >= 0.3 is 0 Å². The number of Topliss-reactive ketones (excluding diaryl/α,β-unsaturated/α-hetero) is 1. The van der Waals surface area contributed by atoms with E-state index in [1.54, 1.807) is 6.07 Å². The summed E-state index contributed by atoms with van der Waals surface area (Å²) >= 11 is 12.3. The minimum Gasteiger partial charge on any atom is -0.478 e. The predicted octanol–water partition coefficient (Wildman–Crippen LogP) is 6.62. The van der Waals surface area contributed by atoms with Crippen LogP contribution in [0.25, 0.3) is 6.08 Å². The van der Waals surface area contributed by atoms with Gasteiger partial charge in [0.2, 0.25) is 5.78 Å². The second-order valence-corrected chi connectivity index (χ2v) is 9.38. The first-order valence-electron chi connectivity index (χ1n) is 10.9. The minimum absolute atomic E-state index is 0.0862. The van der Waals surface area contributed by atoms with E-state index >= 15 is 0 Å². The van der Waals surface area contributed by atoms with Gasteiger partial charge in [-0.05, 0) is 61.2 Å². The Morgan fingerprint density at radius 2 is 1.94 bits per heavy atom. The van der Waals surface area contributed by atoms with Crippen molar-refractivity contribution < 1.29 is 14.3 Å². The molecular weight excluding hydrogens is 457 g/mol. The van der Waals surface area contributed by atoms with Crippen molar-refractivity contribution in [1.29, 1.82) is 0 Å². The topological polar surface area (TPSA) is 38.8 Å². The molecular formula is C27H23Cl2NO3. The van der Waals surface area contributed by atoms with Crippen molar-refractivity contribution in [3.8, 4) is 11.5 Å². The zero-order valence-electron chi connectivity index (χ0n) is 18.5. The van der Waals surface area contributed by atoms with E-state index in [-0.39, 0.29) is 5.78 Å². The van der Waals surface area contributed by atoms with Crippen LogP contribution in [0.2, 0.25) is 10.0 Å². The highest BCUT2D eigenvalue weighted by molar-refractivity contribution is 6.35. The summed E-state index contributed by atoms with van der Waals surface area (Å²) in [6, 6.07) is 15.5. The van der Waals surface area contributed by atoms with Crippen molar-refractivity contribution in [2.75, 3.05) is 13.3 Å². The van der Waals surface area contributed by atoms with Crippen LogP contribution in [0.4, 0.5) is 0 Å². The number of carbonyl (C=O) groups is 1. The van der Waals surface area contributed by atoms with E-state index in [9.17, 15) is 4.79 Å². The number of hydrogen-bond donors (Lipinski definition) is 0. The van der Waals surface area contributed by atoms with E-state index in [0.29, 0.717) is 40.4 Å². The van der Waals surface area contributed by atoms with Crippen molar-refractivity contribution in [2.24, 2.45) is 0 Å². The Labute approximate surface area is 203 Å². The third-order valence-electron chi connectivity index (χ3n) is 6.04. The molecule has 0 bridgehead atoms. The third-order valence-corrected chi connectivity index (χ3v) is 6.63. The number of ether oxygens (including phenoxy) is 2. The summed E-state index contributed by atoms with van der Waals surface area (Å²) in [5.74, 6) is 1.65. The summed E-state index contributed by atoms with van der Waals surface area (Å²) in [4.78, 5) is 15.4. The molecule has 0 N–H and O–H groups in total. The highest BCUT2D eigenvalue weighted by atomic mass is 35.5. The number of nitrogens with zero attached hydrogens (tertiary/aromatic N) is 1. The Balaban J connectivity index is 1.40. The van der Waals surface area contributed by atoms with Crippen LogP contribution in [0.3, 0.4) is 0 Å². The molecule has 3 aromatic rings. The average molecular weight is 480 g/mol. The van der Waals surface area contributed by atoms with Gasteiger partial charge in [0.1, 0.15) is 18.2 Å². The van der Waals surface area contributed by atoms with E-state index in [0.717, 1.165) is 46.5 Å². The number of rotatable bonds is 4. The lowest BCUT2D eigenvalue weighted by Crippen LogP contribution is -2.34. The fourth-order valence-electron chi connectivity index (χ4n) is 4.33. The Bertz CT molecular complexity index is 1300. The fourth-order valence-corrected chi connectivity index (χ4v) is 4.84. The first kappa shape index (κ1) is 22.0. The van der Waals surface area contributed by atoms with Crippen LogP contribution < -0.4 is 9.47 Å². The zero-order valence-corrected chi connectivity index (χ0v) is 20.0. The van der Waals surface area contributed by atoms with Crippen molar-refractivity contribution in [3.05, 3.63) is 97.7 Å². The van der Waals surface area contributed by atoms with Gasteiger partial charge in [-0.25, -0.2) is 0 Å². The standard InChI is InChI=1S/C27H23Cl2NO3/c1-16-4-3-5-18(10-16)12-24-26(31)25-17(2)11-23-21(27(25)33-24)14-30(15-32-23)9-8-19-6-7-20(28)13-22(19)29/h3-7,10-13H,8-9,14-15H2,1-2H3/b24-12+. The maximum absolute atomic E-state index is 13.2. The number of benzene rings is 3. The molecule has 0 amide bonds. The van der Waals surface area contributed by atoms with Gasteiger partial charge in [0.25, 0.3) is 0 Å². The van der Waals surface area contributed by atoms with Crippen molar-refractivity contribution >= 4 is 35.1 Å². The number of allylic oxidation sites excluding steroid dienone is 1. The Morgan fingerprint density at radius 3 is 2.73 bits per heavy atom. The van der Waals surface area contributed by atoms with Gasteiger partial charge in [-0.3, -0.25) is 9.69 Å². The van der Waals surface area contributed by atoms with Crippen LogP contribution in [0.5, 0.6) is 11.5 Å². The van der Waals surface area contributed by atoms with Crippen molar-refractivity contribution in [1.82, 2.24) is 4.90 Å². The van der Waals surface area contributed by atoms with Crippen molar-refractivity contribution in [3.63, 3.8) is 0 Å². The molecule has 0 saturated carbocycles. The molecule has 2 aliphatic rings. The van der Waals surface area contributed by atoms with Gasteiger partial charge in [0.15, 0.2) is 5.76 Å². The molecule has 0 unspecified atom stereocenters. The maximum atomic E-state index is 13.2. The highest BCUT2D eigenvalue weighted by Gasteiger charge is 2.35. The molecule has 168 valence electrons. The quantitative estimate of drug-likeness (QED) is 0.394. The molecule has 4 nitrogen and oxygen atoms in total. The maximum Gasteiger partial charge on any atom is 0.232 e. The minimum atomic E-state index is -0.0862. The first-order valence-corrected chi connectivity index (χ1v) is 11.6. The lowest BCUT2D eigenvalue weighted by Gasteiger charge is -2.30. The summed E-state index contributed by atoms with van der Waals surface area (Å²) in [5, 5.41) is 1.29. The van der Waals surface area contributed by atoms with Gasteiger partial charge in [-0.2, -0.15) is 0 Å². The number of fused-ring (bicyclic) bond motifs is 3. The number of carbonyl (C=O) groups excluding carboxylic acids is 1. The van der Waals surface area contributed by atoms with E-state index in [4.69, 9.17) is 32.7 Å². The summed E-state index contributed by atoms with van der Waals surface area (Å²) in [7, 11) is 0. The molecule has 0 atom stereocenters. The fraction of sp³-hybridized carbons (Fsp3) is 0.222. The molecule has 2 aliphatic heterocycles. The van der Waals surface area contributed by atoms with Gasteiger partial charge in [0, 0.05) is 23.1 Å². The van der Waals surface area contributed by atoms with Crippen LogP contribution >= 0.6 is 23.2 Å². The number of halogens is 2. The average Bonchev–Trinajstić information content (AvgIpc) is 3.10. The lowest BCUT2D eigenvalue weighted by atomic mass is 9.98. The smallest absolute Gasteiger partial charge is 0.232 e. The van der Waals surface area contributed by atoms with Crippen LogP contribution in [0.15, 0.2) is 54.3 Å². The Kier molecular flexibility index (Phi) is 5.92. The number of ketones is 1. The highest BCUT2D eigenvalue weighted by Crippen LogP contribution is 2.44. The monoisotopic (exact) mass is 479 g/mol. The van der Waals surface area contributed by atoms with Crippen LogP contribution in [-0.4, -0.2) is 24.0 Å². The van der Waals surface area contributed by atoms with E-state index < -0.39 is 0 Å².